The minimum absolute atomic E-state index is 0.0874. The maximum absolute atomic E-state index is 11.5. The number of rotatable bonds is 4. The molecule has 0 atom stereocenters. The van der Waals surface area contributed by atoms with Crippen LogP contribution in [0.25, 0.3) is 0 Å². The summed E-state index contributed by atoms with van der Waals surface area (Å²) < 4.78 is 5.36. The third-order valence-electron chi connectivity index (χ3n) is 1.88. The molecule has 0 aliphatic heterocycles. The number of thiol groups is 1. The van der Waals surface area contributed by atoms with Crippen LogP contribution < -0.4 is 4.74 Å². The number of ether oxygens (including phenoxy) is 1. The number of hydrogen-bond donors (Lipinski definition) is 1. The molecule has 0 spiro atoms. The van der Waals surface area contributed by atoms with Crippen LogP contribution in [-0.2, 0) is 0 Å². The van der Waals surface area contributed by atoms with E-state index in [9.17, 15) is 4.79 Å². The van der Waals surface area contributed by atoms with E-state index in [1.165, 1.54) is 0 Å². The molecule has 0 fully saturated rings. The van der Waals surface area contributed by atoms with Crippen LogP contribution in [0.4, 0.5) is 0 Å². The fourth-order valence-electron chi connectivity index (χ4n) is 1.21. The number of benzene rings is 1. The Morgan fingerprint density at radius 2 is 2.14 bits per heavy atom. The summed E-state index contributed by atoms with van der Waals surface area (Å²) in [6.07, 6.45) is 0.483. The zero-order valence-electron chi connectivity index (χ0n) is 8.41. The van der Waals surface area contributed by atoms with Gasteiger partial charge in [0.2, 0.25) is 0 Å². The van der Waals surface area contributed by atoms with Gasteiger partial charge in [-0.15, -0.1) is 12.6 Å². The van der Waals surface area contributed by atoms with E-state index in [-0.39, 0.29) is 5.78 Å². The monoisotopic (exact) mass is 210 g/mol. The summed E-state index contributed by atoms with van der Waals surface area (Å²) >= 11 is 4.20. The average molecular weight is 210 g/mol. The highest BCUT2D eigenvalue weighted by molar-refractivity contribution is 7.80. The van der Waals surface area contributed by atoms with E-state index in [0.29, 0.717) is 24.3 Å². The topological polar surface area (TPSA) is 26.3 Å². The van der Waals surface area contributed by atoms with Crippen molar-refractivity contribution in [2.45, 2.75) is 25.2 Å². The van der Waals surface area contributed by atoms with Crippen LogP contribution in [0, 0.1) is 0 Å². The van der Waals surface area contributed by atoms with Crippen molar-refractivity contribution in [3.05, 3.63) is 23.8 Å². The Kier molecular flexibility index (Phi) is 4.01. The van der Waals surface area contributed by atoms with Gasteiger partial charge >= 0.3 is 0 Å². The van der Waals surface area contributed by atoms with Crippen LogP contribution in [-0.4, -0.2) is 12.4 Å². The first kappa shape index (κ1) is 11.1. The summed E-state index contributed by atoms with van der Waals surface area (Å²) in [6.45, 7) is 4.30. The summed E-state index contributed by atoms with van der Waals surface area (Å²) in [5.74, 6) is 0.738. The molecule has 0 aromatic heterocycles. The Hall–Kier alpha value is -0.960. The maximum atomic E-state index is 11.5. The molecule has 76 valence electrons. The Morgan fingerprint density at radius 3 is 2.71 bits per heavy atom. The van der Waals surface area contributed by atoms with Gasteiger partial charge in [-0.25, -0.2) is 0 Å². The fraction of sp³-hybridized carbons (Fsp3) is 0.364. The molecule has 2 nitrogen and oxygen atoms in total. The van der Waals surface area contributed by atoms with Crippen molar-refractivity contribution >= 4 is 18.4 Å². The van der Waals surface area contributed by atoms with Crippen LogP contribution in [0.5, 0.6) is 5.75 Å². The second-order valence-electron chi connectivity index (χ2n) is 2.89. The second-order valence-corrected chi connectivity index (χ2v) is 3.41. The van der Waals surface area contributed by atoms with E-state index >= 15 is 0 Å². The van der Waals surface area contributed by atoms with E-state index in [1.54, 1.807) is 12.1 Å². The van der Waals surface area contributed by atoms with Gasteiger partial charge in [-0.2, -0.15) is 0 Å². The van der Waals surface area contributed by atoms with Gasteiger partial charge in [-0.05, 0) is 25.1 Å². The van der Waals surface area contributed by atoms with Gasteiger partial charge in [0.1, 0.15) is 5.75 Å². The third kappa shape index (κ3) is 2.51. The van der Waals surface area contributed by atoms with E-state index < -0.39 is 0 Å². The standard InChI is InChI=1S/C11H14O2S/c1-3-10(12)9-7-8(14)5-6-11(9)13-4-2/h5-7,14H,3-4H2,1-2H3. The maximum Gasteiger partial charge on any atom is 0.166 e. The van der Waals surface area contributed by atoms with E-state index in [2.05, 4.69) is 12.6 Å². The van der Waals surface area contributed by atoms with Gasteiger partial charge in [0, 0.05) is 11.3 Å². The van der Waals surface area contributed by atoms with Crippen molar-refractivity contribution < 1.29 is 9.53 Å². The quantitative estimate of drug-likeness (QED) is 0.611. The van der Waals surface area contributed by atoms with E-state index in [0.717, 1.165) is 4.90 Å². The minimum Gasteiger partial charge on any atom is -0.493 e. The first-order valence-electron chi connectivity index (χ1n) is 4.68. The molecule has 1 rings (SSSR count). The Labute approximate surface area is 89.7 Å². The smallest absolute Gasteiger partial charge is 0.166 e. The lowest BCUT2D eigenvalue weighted by Crippen LogP contribution is -2.02. The molecule has 0 aliphatic carbocycles. The first-order valence-corrected chi connectivity index (χ1v) is 5.12. The molecule has 1 aromatic rings. The number of ketones is 1. The Morgan fingerprint density at radius 1 is 1.43 bits per heavy atom. The molecule has 1 aromatic carbocycles. The molecular formula is C11H14O2S. The normalized spacial score (nSPS) is 9.93. The van der Waals surface area contributed by atoms with Gasteiger partial charge in [0.25, 0.3) is 0 Å². The minimum atomic E-state index is 0.0874. The lowest BCUT2D eigenvalue weighted by atomic mass is 10.1. The molecule has 0 heterocycles. The first-order chi connectivity index (χ1) is 6.69. The average Bonchev–Trinajstić information content (AvgIpc) is 2.20. The predicted molar refractivity (Wildman–Crippen MR) is 59.5 cm³/mol. The SMILES string of the molecule is CCOc1ccc(S)cc1C(=O)CC. The van der Waals surface area contributed by atoms with Crippen molar-refractivity contribution in [1.82, 2.24) is 0 Å². The van der Waals surface area contributed by atoms with Crippen molar-refractivity contribution in [3.8, 4) is 5.75 Å². The van der Waals surface area contributed by atoms with Crippen LogP contribution in [0.1, 0.15) is 30.6 Å². The number of hydrogen-bond acceptors (Lipinski definition) is 3. The number of Topliss-reactive ketones (excluding diaryl/α,β-unsaturated/α-hetero) is 1. The lowest BCUT2D eigenvalue weighted by Gasteiger charge is -2.08. The molecule has 0 amide bonds. The summed E-state index contributed by atoms with van der Waals surface area (Å²) in [5, 5.41) is 0. The molecule has 14 heavy (non-hydrogen) atoms. The van der Waals surface area contributed by atoms with Crippen molar-refractivity contribution in [2.75, 3.05) is 6.61 Å². The number of carbonyl (C=O) groups excluding carboxylic acids is 1. The Bertz CT molecular complexity index is 334. The zero-order valence-corrected chi connectivity index (χ0v) is 9.30. The van der Waals surface area contributed by atoms with E-state index in [4.69, 9.17) is 4.74 Å². The van der Waals surface area contributed by atoms with Crippen LogP contribution >= 0.6 is 12.6 Å². The largest absolute Gasteiger partial charge is 0.493 e. The summed E-state index contributed by atoms with van der Waals surface area (Å²) in [4.78, 5) is 12.3. The van der Waals surface area contributed by atoms with Gasteiger partial charge in [0.05, 0.1) is 12.2 Å². The fourth-order valence-corrected chi connectivity index (χ4v) is 1.41. The van der Waals surface area contributed by atoms with Crippen LogP contribution in [0.3, 0.4) is 0 Å². The van der Waals surface area contributed by atoms with Crippen molar-refractivity contribution in [3.63, 3.8) is 0 Å². The lowest BCUT2D eigenvalue weighted by molar-refractivity contribution is 0.0984. The molecule has 0 N–H and O–H groups in total. The van der Waals surface area contributed by atoms with Crippen molar-refractivity contribution in [1.29, 1.82) is 0 Å². The van der Waals surface area contributed by atoms with Gasteiger partial charge < -0.3 is 4.74 Å². The second kappa shape index (κ2) is 5.05. The van der Waals surface area contributed by atoms with Gasteiger partial charge in [0.15, 0.2) is 5.78 Å². The zero-order chi connectivity index (χ0) is 10.6. The summed E-state index contributed by atoms with van der Waals surface area (Å²) in [7, 11) is 0. The molecule has 0 saturated heterocycles. The van der Waals surface area contributed by atoms with Crippen LogP contribution in [0.15, 0.2) is 23.1 Å². The molecule has 3 heteroatoms. The predicted octanol–water partition coefficient (Wildman–Crippen LogP) is 2.97. The third-order valence-corrected chi connectivity index (χ3v) is 2.16. The molecule has 0 radical (unpaired) electrons. The summed E-state index contributed by atoms with van der Waals surface area (Å²) in [6, 6.07) is 5.36. The van der Waals surface area contributed by atoms with Gasteiger partial charge in [-0.3, -0.25) is 4.79 Å². The number of carbonyl (C=O) groups is 1. The highest BCUT2D eigenvalue weighted by atomic mass is 32.1. The molecular weight excluding hydrogens is 196 g/mol. The molecule has 0 saturated carbocycles. The van der Waals surface area contributed by atoms with Crippen LogP contribution in [0.2, 0.25) is 0 Å². The van der Waals surface area contributed by atoms with Gasteiger partial charge in [-0.1, -0.05) is 6.92 Å². The highest BCUT2D eigenvalue weighted by Crippen LogP contribution is 2.23. The molecule has 0 bridgehead atoms. The van der Waals surface area contributed by atoms with E-state index in [1.807, 2.05) is 19.9 Å². The highest BCUT2D eigenvalue weighted by Gasteiger charge is 2.10. The summed E-state index contributed by atoms with van der Waals surface area (Å²) in [5.41, 5.74) is 0.627. The van der Waals surface area contributed by atoms with Crippen molar-refractivity contribution in [2.24, 2.45) is 0 Å². The Balaban J connectivity index is 3.08. The molecule has 0 unspecified atom stereocenters. The molecule has 0 aliphatic rings.